The topological polar surface area (TPSA) is 111 Å². The first kappa shape index (κ1) is 24.1. The lowest BCUT2D eigenvalue weighted by Crippen LogP contribution is -2.49. The van der Waals surface area contributed by atoms with Crippen molar-refractivity contribution in [1.82, 2.24) is 5.32 Å². The van der Waals surface area contributed by atoms with Gasteiger partial charge in [-0.05, 0) is 63.6 Å². The van der Waals surface area contributed by atoms with E-state index in [1.165, 1.54) is 5.57 Å². The highest BCUT2D eigenvalue weighted by molar-refractivity contribution is 5.97. The number of carbonyl (C=O) groups is 3. The highest BCUT2D eigenvalue weighted by Crippen LogP contribution is 2.31. The van der Waals surface area contributed by atoms with Gasteiger partial charge in [0, 0.05) is 12.3 Å². The van der Waals surface area contributed by atoms with Crippen LogP contribution in [0.15, 0.2) is 35.9 Å². The molecule has 7 nitrogen and oxygen atoms in total. The number of benzene rings is 1. The molecule has 3 rings (SSSR count). The lowest BCUT2D eigenvalue weighted by molar-refractivity contribution is -0.133. The van der Waals surface area contributed by atoms with Crippen LogP contribution in [0.5, 0.6) is 5.75 Å². The van der Waals surface area contributed by atoms with Gasteiger partial charge in [0.25, 0.3) is 0 Å². The summed E-state index contributed by atoms with van der Waals surface area (Å²) in [7, 11) is 1.59. The number of ether oxygens (including phenoxy) is 2. The van der Waals surface area contributed by atoms with Crippen LogP contribution in [0.1, 0.15) is 51.5 Å². The van der Waals surface area contributed by atoms with Gasteiger partial charge in [-0.3, -0.25) is 14.4 Å². The van der Waals surface area contributed by atoms with Crippen molar-refractivity contribution < 1.29 is 23.9 Å². The van der Waals surface area contributed by atoms with E-state index in [0.717, 1.165) is 30.6 Å². The molecule has 0 unspecified atom stereocenters. The van der Waals surface area contributed by atoms with Gasteiger partial charge >= 0.3 is 0 Å². The zero-order valence-corrected chi connectivity index (χ0v) is 19.2. The first-order chi connectivity index (χ1) is 15.2. The smallest absolute Gasteiger partial charge is 0.224 e. The molecule has 0 spiro atoms. The summed E-state index contributed by atoms with van der Waals surface area (Å²) in [5.74, 6) is -0.508. The van der Waals surface area contributed by atoms with E-state index in [2.05, 4.69) is 11.4 Å². The average Bonchev–Trinajstić information content (AvgIpc) is 3.31. The standard InChI is InChI=1S/C25H34N2O5/c1-16(26)22(28)14-19(12-18-8-10-20(31-3)11-9-18)24(30)27-21(13-17-6-4-5-7-17)23(29)25(2)15-32-25/h6,8-11,16,19,21H,4-5,7,12-15,26H2,1-3H3,(H,27,30)/t16-,19-,21+,25-/m1/s1. The molecule has 1 saturated heterocycles. The van der Waals surface area contributed by atoms with Gasteiger partial charge in [-0.2, -0.15) is 0 Å². The van der Waals surface area contributed by atoms with Crippen molar-refractivity contribution in [3.63, 3.8) is 0 Å². The second-order valence-electron chi connectivity index (χ2n) is 9.11. The zero-order valence-electron chi connectivity index (χ0n) is 19.2. The second kappa shape index (κ2) is 10.4. The third-order valence-electron chi connectivity index (χ3n) is 6.30. The summed E-state index contributed by atoms with van der Waals surface area (Å²) in [5.41, 5.74) is 7.03. The second-order valence-corrected chi connectivity index (χ2v) is 9.11. The molecule has 4 atom stereocenters. The van der Waals surface area contributed by atoms with Crippen molar-refractivity contribution in [1.29, 1.82) is 0 Å². The van der Waals surface area contributed by atoms with Gasteiger partial charge in [-0.25, -0.2) is 0 Å². The van der Waals surface area contributed by atoms with Crippen LogP contribution in [0.25, 0.3) is 0 Å². The number of methoxy groups -OCH3 is 1. The molecule has 0 aromatic heterocycles. The highest BCUT2D eigenvalue weighted by Gasteiger charge is 2.50. The Hall–Kier alpha value is -2.51. The SMILES string of the molecule is COc1ccc(C[C@H](CC(=O)[C@@H](C)N)C(=O)N[C@@H](CC2=CCCC2)C(=O)[C@@]2(C)CO2)cc1. The van der Waals surface area contributed by atoms with E-state index in [1.807, 2.05) is 24.3 Å². The van der Waals surface area contributed by atoms with Crippen molar-refractivity contribution in [2.45, 2.75) is 70.1 Å². The Bertz CT molecular complexity index is 871. The first-order valence-corrected chi connectivity index (χ1v) is 11.3. The van der Waals surface area contributed by atoms with Crippen LogP contribution in [-0.4, -0.2) is 48.9 Å². The maximum Gasteiger partial charge on any atom is 0.224 e. The van der Waals surface area contributed by atoms with Gasteiger partial charge in [0.1, 0.15) is 17.1 Å². The highest BCUT2D eigenvalue weighted by atomic mass is 16.6. The number of amides is 1. The van der Waals surface area contributed by atoms with Crippen LogP contribution in [0.3, 0.4) is 0 Å². The van der Waals surface area contributed by atoms with Crippen molar-refractivity contribution >= 4 is 17.5 Å². The van der Waals surface area contributed by atoms with E-state index in [0.29, 0.717) is 19.4 Å². The van der Waals surface area contributed by atoms with Crippen LogP contribution < -0.4 is 15.8 Å². The van der Waals surface area contributed by atoms with E-state index >= 15 is 0 Å². The molecule has 1 amide bonds. The summed E-state index contributed by atoms with van der Waals surface area (Å²) >= 11 is 0. The first-order valence-electron chi connectivity index (χ1n) is 11.3. The molecule has 1 aliphatic heterocycles. The van der Waals surface area contributed by atoms with Crippen molar-refractivity contribution in [3.8, 4) is 5.75 Å². The van der Waals surface area contributed by atoms with Crippen molar-refractivity contribution in [2.24, 2.45) is 11.7 Å². The fourth-order valence-electron chi connectivity index (χ4n) is 4.04. The number of nitrogens with one attached hydrogen (secondary N) is 1. The molecule has 1 fully saturated rings. The molecule has 0 saturated carbocycles. The largest absolute Gasteiger partial charge is 0.497 e. The van der Waals surface area contributed by atoms with Gasteiger partial charge in [-0.15, -0.1) is 0 Å². The molecule has 1 aromatic rings. The maximum atomic E-state index is 13.3. The van der Waals surface area contributed by atoms with Crippen LogP contribution >= 0.6 is 0 Å². The van der Waals surface area contributed by atoms with Crippen LogP contribution in [0, 0.1) is 5.92 Å². The summed E-state index contributed by atoms with van der Waals surface area (Å²) in [6.07, 6.45) is 6.03. The summed E-state index contributed by atoms with van der Waals surface area (Å²) in [6, 6.07) is 6.08. The number of hydrogen-bond donors (Lipinski definition) is 2. The molecule has 1 aromatic carbocycles. The van der Waals surface area contributed by atoms with E-state index in [9.17, 15) is 14.4 Å². The quantitative estimate of drug-likeness (QED) is 0.380. The summed E-state index contributed by atoms with van der Waals surface area (Å²) in [6.45, 7) is 3.75. The third kappa shape index (κ3) is 6.26. The van der Waals surface area contributed by atoms with Crippen molar-refractivity contribution in [3.05, 3.63) is 41.5 Å². The lowest BCUT2D eigenvalue weighted by atomic mass is 9.90. The van der Waals surface area contributed by atoms with Gasteiger partial charge in [0.2, 0.25) is 5.91 Å². The van der Waals surface area contributed by atoms with Gasteiger partial charge in [0.15, 0.2) is 5.78 Å². The molecular weight excluding hydrogens is 408 g/mol. The Morgan fingerprint density at radius 1 is 1.22 bits per heavy atom. The fourth-order valence-corrected chi connectivity index (χ4v) is 4.04. The van der Waals surface area contributed by atoms with Crippen LogP contribution in [0.2, 0.25) is 0 Å². The van der Waals surface area contributed by atoms with E-state index < -0.39 is 23.6 Å². The Morgan fingerprint density at radius 3 is 2.44 bits per heavy atom. The number of allylic oxidation sites excluding steroid dienone is 1. The number of rotatable bonds is 12. The molecule has 1 heterocycles. The Balaban J connectivity index is 1.76. The van der Waals surface area contributed by atoms with Crippen LogP contribution in [0.4, 0.5) is 0 Å². The molecule has 7 heteroatoms. The zero-order chi connectivity index (χ0) is 23.3. The summed E-state index contributed by atoms with van der Waals surface area (Å²) in [5, 5.41) is 2.95. The molecule has 1 aliphatic carbocycles. The predicted molar refractivity (Wildman–Crippen MR) is 121 cm³/mol. The molecule has 32 heavy (non-hydrogen) atoms. The minimum absolute atomic E-state index is 0.0207. The Morgan fingerprint density at radius 2 is 1.91 bits per heavy atom. The third-order valence-corrected chi connectivity index (χ3v) is 6.30. The molecule has 2 aliphatic rings. The maximum absolute atomic E-state index is 13.3. The number of Topliss-reactive ketones (excluding diaryl/α,β-unsaturated/α-hetero) is 2. The van der Waals surface area contributed by atoms with Gasteiger partial charge in [0.05, 0.1) is 25.8 Å². The lowest BCUT2D eigenvalue weighted by Gasteiger charge is -2.24. The molecule has 3 N–H and O–H groups in total. The monoisotopic (exact) mass is 442 g/mol. The van der Waals surface area contributed by atoms with Crippen LogP contribution in [-0.2, 0) is 25.5 Å². The molecule has 0 radical (unpaired) electrons. The minimum Gasteiger partial charge on any atom is -0.497 e. The fraction of sp³-hybridized carbons (Fsp3) is 0.560. The number of ketones is 2. The Labute approximate surface area is 189 Å². The van der Waals surface area contributed by atoms with Crippen molar-refractivity contribution in [2.75, 3.05) is 13.7 Å². The molecular formula is C25H34N2O5. The summed E-state index contributed by atoms with van der Waals surface area (Å²) < 4.78 is 10.5. The van der Waals surface area contributed by atoms with Gasteiger partial charge in [-0.1, -0.05) is 23.8 Å². The number of hydrogen-bond acceptors (Lipinski definition) is 6. The predicted octanol–water partition coefficient (Wildman–Crippen LogP) is 2.50. The molecule has 0 bridgehead atoms. The number of carbonyl (C=O) groups excluding carboxylic acids is 3. The number of nitrogens with two attached hydrogens (primary N) is 1. The van der Waals surface area contributed by atoms with E-state index in [4.69, 9.17) is 15.2 Å². The minimum atomic E-state index is -0.829. The normalized spacial score (nSPS) is 22.4. The van der Waals surface area contributed by atoms with E-state index in [1.54, 1.807) is 21.0 Å². The molecule has 174 valence electrons. The van der Waals surface area contributed by atoms with Gasteiger partial charge < -0.3 is 20.5 Å². The Kier molecular flexibility index (Phi) is 7.85. The number of epoxide rings is 1. The average molecular weight is 443 g/mol. The summed E-state index contributed by atoms with van der Waals surface area (Å²) in [4.78, 5) is 38.8. The van der Waals surface area contributed by atoms with E-state index in [-0.39, 0.29) is 23.9 Å².